The van der Waals surface area contributed by atoms with Gasteiger partial charge in [-0.15, -0.1) is 0 Å². The number of carbonyl (C=O) groups excluding carboxylic acids is 4. The van der Waals surface area contributed by atoms with Gasteiger partial charge in [-0.3, -0.25) is 37.3 Å². The molecule has 5 atom stereocenters. The van der Waals surface area contributed by atoms with Crippen LogP contribution in [0.2, 0.25) is 0 Å². The molecule has 0 radical (unpaired) electrons. The Kier molecular flexibility index (Phi) is 59.4. The Morgan fingerprint density at radius 3 is 0.689 bits per heavy atom. The van der Waals surface area contributed by atoms with Gasteiger partial charge in [0.1, 0.15) is 19.3 Å². The van der Waals surface area contributed by atoms with E-state index in [1.165, 1.54) is 141 Å². The van der Waals surface area contributed by atoms with Gasteiger partial charge in [0.05, 0.1) is 26.4 Å². The lowest BCUT2D eigenvalue weighted by atomic mass is 10.0. The first-order chi connectivity index (χ1) is 43.1. The average Bonchev–Trinajstić information content (AvgIpc) is 3.18. The molecular weight excluding hydrogens is 1190 g/mol. The molecule has 0 heterocycles. The zero-order valence-electron chi connectivity index (χ0n) is 58.8. The fourth-order valence-corrected chi connectivity index (χ4v) is 12.2. The van der Waals surface area contributed by atoms with Crippen LogP contribution in [-0.2, 0) is 65.4 Å². The van der Waals surface area contributed by atoms with E-state index in [9.17, 15) is 43.2 Å². The van der Waals surface area contributed by atoms with Crippen molar-refractivity contribution < 1.29 is 80.2 Å². The molecule has 0 fully saturated rings. The zero-order valence-corrected chi connectivity index (χ0v) is 60.6. The lowest BCUT2D eigenvalue weighted by Crippen LogP contribution is -2.30. The molecule has 534 valence electrons. The number of hydrogen-bond acceptors (Lipinski definition) is 15. The number of carbonyl (C=O) groups is 4. The van der Waals surface area contributed by atoms with Crippen molar-refractivity contribution in [2.24, 2.45) is 23.7 Å². The minimum atomic E-state index is -4.95. The van der Waals surface area contributed by atoms with E-state index >= 15 is 0 Å². The van der Waals surface area contributed by atoms with E-state index in [4.69, 9.17) is 37.0 Å². The van der Waals surface area contributed by atoms with Gasteiger partial charge in [-0.2, -0.15) is 0 Å². The van der Waals surface area contributed by atoms with Crippen LogP contribution in [0.1, 0.15) is 351 Å². The maximum atomic E-state index is 13.0. The summed E-state index contributed by atoms with van der Waals surface area (Å²) < 4.78 is 68.2. The summed E-state index contributed by atoms with van der Waals surface area (Å²) in [5, 5.41) is 10.6. The second-order valence-corrected chi connectivity index (χ2v) is 30.4. The van der Waals surface area contributed by atoms with Crippen LogP contribution >= 0.6 is 15.6 Å². The van der Waals surface area contributed by atoms with E-state index in [2.05, 4.69) is 55.4 Å². The third-order valence-electron chi connectivity index (χ3n) is 16.3. The van der Waals surface area contributed by atoms with Gasteiger partial charge in [-0.25, -0.2) is 9.13 Å². The quantitative estimate of drug-likeness (QED) is 0.0222. The lowest BCUT2D eigenvalue weighted by Gasteiger charge is -2.21. The normalized spacial score (nSPS) is 14.3. The first-order valence-electron chi connectivity index (χ1n) is 36.7. The number of aliphatic hydroxyl groups excluding tert-OH is 1. The van der Waals surface area contributed by atoms with Crippen LogP contribution in [-0.4, -0.2) is 96.7 Å². The molecular formula is C71H138O17P2. The van der Waals surface area contributed by atoms with Gasteiger partial charge >= 0.3 is 39.5 Å². The highest BCUT2D eigenvalue weighted by Gasteiger charge is 2.30. The number of hydrogen-bond donors (Lipinski definition) is 3. The van der Waals surface area contributed by atoms with Gasteiger partial charge in [-0.05, 0) is 49.4 Å². The van der Waals surface area contributed by atoms with E-state index in [0.717, 1.165) is 109 Å². The van der Waals surface area contributed by atoms with Crippen molar-refractivity contribution in [3.63, 3.8) is 0 Å². The van der Waals surface area contributed by atoms with E-state index in [0.29, 0.717) is 43.4 Å². The van der Waals surface area contributed by atoms with Crippen molar-refractivity contribution in [1.29, 1.82) is 0 Å². The highest BCUT2D eigenvalue weighted by Crippen LogP contribution is 2.45. The van der Waals surface area contributed by atoms with Crippen molar-refractivity contribution in [3.05, 3.63) is 0 Å². The molecule has 0 bridgehead atoms. The first kappa shape index (κ1) is 88.1. The standard InChI is InChI=1S/C71H138O17P2/c1-61(2)47-39-31-23-19-17-15-13-11-9-10-12-14-16-18-20-26-37-45-53-70(75)87-66(57-81-68(73)51-43-35-27-21-24-32-40-48-62(3)4)59-85-89(77,78)83-55-65(72)56-84-90(79,80)86-60-67(58-82-69(74)52-44-36-30-29-34-42-50-64(7)8)88-71(76)54-46-38-28-22-25-33-41-49-63(5)6/h61-67,72H,9-60H2,1-8H3,(H,77,78)(H,79,80)/t65-,66-,67-/m1/s1. The molecule has 0 aromatic carbocycles. The SMILES string of the molecule is CC(C)CCCCCCCCCCCCCCCCCCCCC(=O)O[C@H](COC(=O)CCCCCCCCCC(C)C)COP(=O)(O)OC[C@@H](O)COP(=O)(O)OC[C@@H](COC(=O)CCCCCCCCC(C)C)OC(=O)CCCCCCCCCC(C)C. The highest BCUT2D eigenvalue weighted by molar-refractivity contribution is 7.47. The fourth-order valence-electron chi connectivity index (χ4n) is 10.7. The van der Waals surface area contributed by atoms with Crippen molar-refractivity contribution >= 4 is 39.5 Å². The van der Waals surface area contributed by atoms with Gasteiger partial charge in [0.15, 0.2) is 12.2 Å². The Hall–Kier alpha value is -1.94. The summed E-state index contributed by atoms with van der Waals surface area (Å²) in [6.45, 7) is 14.0. The van der Waals surface area contributed by atoms with E-state index in [1.807, 2.05) is 0 Å². The predicted molar refractivity (Wildman–Crippen MR) is 363 cm³/mol. The van der Waals surface area contributed by atoms with E-state index < -0.39 is 97.5 Å². The molecule has 3 N–H and O–H groups in total. The smallest absolute Gasteiger partial charge is 0.462 e. The lowest BCUT2D eigenvalue weighted by molar-refractivity contribution is -0.161. The molecule has 0 saturated heterocycles. The Morgan fingerprint density at radius 2 is 0.467 bits per heavy atom. The molecule has 19 heteroatoms. The van der Waals surface area contributed by atoms with Crippen LogP contribution in [0.5, 0.6) is 0 Å². The minimum Gasteiger partial charge on any atom is -0.462 e. The zero-order chi connectivity index (χ0) is 66.8. The molecule has 0 aromatic rings. The first-order valence-corrected chi connectivity index (χ1v) is 39.7. The Labute approximate surface area is 549 Å². The summed E-state index contributed by atoms with van der Waals surface area (Å²) in [6, 6.07) is 0. The Morgan fingerprint density at radius 1 is 0.278 bits per heavy atom. The molecule has 0 aliphatic rings. The van der Waals surface area contributed by atoms with E-state index in [-0.39, 0.29) is 25.7 Å². The minimum absolute atomic E-state index is 0.102. The summed E-state index contributed by atoms with van der Waals surface area (Å²) >= 11 is 0. The maximum Gasteiger partial charge on any atom is 0.472 e. The number of unbranched alkanes of at least 4 members (excludes halogenated alkanes) is 34. The summed E-state index contributed by atoms with van der Waals surface area (Å²) in [6.07, 6.45) is 43.6. The van der Waals surface area contributed by atoms with Gasteiger partial charge in [0.25, 0.3) is 0 Å². The molecule has 0 rings (SSSR count). The molecule has 17 nitrogen and oxygen atoms in total. The van der Waals surface area contributed by atoms with Crippen molar-refractivity contribution in [1.82, 2.24) is 0 Å². The maximum absolute atomic E-state index is 13.0. The van der Waals surface area contributed by atoms with Crippen molar-refractivity contribution in [3.8, 4) is 0 Å². The third kappa shape index (κ3) is 64.8. The number of ether oxygens (including phenoxy) is 4. The van der Waals surface area contributed by atoms with Crippen LogP contribution < -0.4 is 0 Å². The second-order valence-electron chi connectivity index (χ2n) is 27.5. The molecule has 0 aliphatic heterocycles. The molecule has 0 aliphatic carbocycles. The molecule has 0 aromatic heterocycles. The monoisotopic (exact) mass is 1320 g/mol. The summed E-state index contributed by atoms with van der Waals surface area (Å²) in [5.74, 6) is 0.766. The van der Waals surface area contributed by atoms with Gasteiger partial charge in [-0.1, -0.05) is 299 Å². The number of phosphoric ester groups is 2. The van der Waals surface area contributed by atoms with E-state index in [1.54, 1.807) is 0 Å². The van der Waals surface area contributed by atoms with Crippen LogP contribution in [0.3, 0.4) is 0 Å². The topological polar surface area (TPSA) is 237 Å². The van der Waals surface area contributed by atoms with Crippen molar-refractivity contribution in [2.45, 2.75) is 369 Å². The third-order valence-corrected chi connectivity index (χ3v) is 18.2. The van der Waals surface area contributed by atoms with Crippen LogP contribution in [0, 0.1) is 23.7 Å². The number of esters is 4. The van der Waals surface area contributed by atoms with Crippen molar-refractivity contribution in [2.75, 3.05) is 39.6 Å². The summed E-state index contributed by atoms with van der Waals surface area (Å²) in [5.41, 5.74) is 0. The Bertz CT molecular complexity index is 1780. The number of aliphatic hydroxyl groups is 1. The molecule has 0 saturated carbocycles. The molecule has 0 amide bonds. The Balaban J connectivity index is 5.15. The molecule has 90 heavy (non-hydrogen) atoms. The number of rotatable bonds is 68. The molecule has 2 unspecified atom stereocenters. The van der Waals surface area contributed by atoms with Crippen LogP contribution in [0.25, 0.3) is 0 Å². The van der Waals surface area contributed by atoms with Gasteiger partial charge < -0.3 is 33.8 Å². The second kappa shape index (κ2) is 60.7. The van der Waals surface area contributed by atoms with Gasteiger partial charge in [0.2, 0.25) is 0 Å². The largest absolute Gasteiger partial charge is 0.472 e. The highest BCUT2D eigenvalue weighted by atomic mass is 31.2. The number of phosphoric acid groups is 2. The molecule has 0 spiro atoms. The fraction of sp³-hybridized carbons (Fsp3) is 0.944. The average molecular weight is 1330 g/mol. The summed E-state index contributed by atoms with van der Waals surface area (Å²) in [7, 11) is -9.90. The van der Waals surface area contributed by atoms with Crippen LogP contribution in [0.4, 0.5) is 0 Å². The summed E-state index contributed by atoms with van der Waals surface area (Å²) in [4.78, 5) is 72.4. The predicted octanol–water partition coefficient (Wildman–Crippen LogP) is 20.1. The van der Waals surface area contributed by atoms with Gasteiger partial charge in [0, 0.05) is 25.7 Å². The van der Waals surface area contributed by atoms with Crippen LogP contribution in [0.15, 0.2) is 0 Å².